The molecule has 26 heavy (non-hydrogen) atoms. The maximum absolute atomic E-state index is 12.6. The van der Waals surface area contributed by atoms with E-state index in [9.17, 15) is 13.2 Å². The minimum absolute atomic E-state index is 0.0649. The first-order valence-corrected chi connectivity index (χ1v) is 8.56. The highest BCUT2D eigenvalue weighted by molar-refractivity contribution is 5.11. The topological polar surface area (TPSA) is 30.5 Å². The molecule has 0 aromatic rings. The lowest BCUT2D eigenvalue weighted by atomic mass is 10.0. The van der Waals surface area contributed by atoms with Gasteiger partial charge in [0.25, 0.3) is 0 Å². The van der Waals surface area contributed by atoms with Crippen LogP contribution in [0.1, 0.15) is 33.1 Å². The van der Waals surface area contributed by atoms with Crippen molar-refractivity contribution < 1.29 is 22.6 Å². The molecule has 1 N–H and O–H groups in total. The van der Waals surface area contributed by atoms with Gasteiger partial charge >= 0.3 is 6.36 Å². The molecule has 0 aromatic carbocycles. The van der Waals surface area contributed by atoms with E-state index in [0.717, 1.165) is 11.1 Å². The van der Waals surface area contributed by atoms with Crippen molar-refractivity contribution in [2.24, 2.45) is 0 Å². The van der Waals surface area contributed by atoms with Crippen LogP contribution in [0, 0.1) is 0 Å². The van der Waals surface area contributed by atoms with E-state index >= 15 is 0 Å². The van der Waals surface area contributed by atoms with Gasteiger partial charge in [0.2, 0.25) is 0 Å². The van der Waals surface area contributed by atoms with Gasteiger partial charge in [-0.25, -0.2) is 0 Å². The quantitative estimate of drug-likeness (QED) is 0.190. The first-order valence-electron chi connectivity index (χ1n) is 8.56. The molecule has 0 radical (unpaired) electrons. The lowest BCUT2D eigenvalue weighted by Gasteiger charge is -2.23. The van der Waals surface area contributed by atoms with Crippen LogP contribution >= 0.6 is 0 Å². The van der Waals surface area contributed by atoms with Crippen molar-refractivity contribution in [3.8, 4) is 0 Å². The summed E-state index contributed by atoms with van der Waals surface area (Å²) in [6.45, 7) is 16.3. The number of nitrogens with one attached hydrogen (secondary N) is 1. The maximum atomic E-state index is 12.6. The molecule has 0 aliphatic heterocycles. The first kappa shape index (κ1) is 24.2. The zero-order valence-corrected chi connectivity index (χ0v) is 15.7. The van der Waals surface area contributed by atoms with Crippen LogP contribution in [0.5, 0.6) is 0 Å². The second-order valence-electron chi connectivity index (χ2n) is 5.77. The van der Waals surface area contributed by atoms with Crippen LogP contribution in [-0.4, -0.2) is 32.2 Å². The average Bonchev–Trinajstić information content (AvgIpc) is 2.56. The van der Waals surface area contributed by atoms with Gasteiger partial charge in [-0.05, 0) is 31.4 Å². The summed E-state index contributed by atoms with van der Waals surface area (Å²) in [5.74, 6) is -0.143. The van der Waals surface area contributed by atoms with Crippen LogP contribution in [0.15, 0.2) is 60.9 Å². The Morgan fingerprint density at radius 2 is 1.96 bits per heavy atom. The number of ether oxygens (including phenoxy) is 2. The first-order chi connectivity index (χ1) is 12.2. The van der Waals surface area contributed by atoms with Crippen LogP contribution in [-0.2, 0) is 9.47 Å². The minimum atomic E-state index is -4.72. The molecule has 0 spiro atoms. The van der Waals surface area contributed by atoms with Crippen molar-refractivity contribution in [1.82, 2.24) is 5.32 Å². The SMILES string of the molecule is C=C/C=C(\C)COCCN[C@@H](C/C(=C\CC=C)OC(F)(F)F)C(=C)CC. The van der Waals surface area contributed by atoms with E-state index in [-0.39, 0.29) is 18.2 Å². The molecule has 148 valence electrons. The van der Waals surface area contributed by atoms with E-state index < -0.39 is 6.36 Å². The van der Waals surface area contributed by atoms with Crippen LogP contribution in [0.4, 0.5) is 13.2 Å². The molecule has 0 saturated carbocycles. The fraction of sp³-hybridized carbons (Fsp3) is 0.500. The number of rotatable bonds is 14. The third-order valence-corrected chi connectivity index (χ3v) is 3.48. The Balaban J connectivity index is 4.70. The molecule has 0 amide bonds. The Hall–Kier alpha value is -1.79. The van der Waals surface area contributed by atoms with Crippen molar-refractivity contribution in [2.45, 2.75) is 45.5 Å². The molecule has 0 saturated heterocycles. The number of hydrogen-bond donors (Lipinski definition) is 1. The van der Waals surface area contributed by atoms with E-state index in [0.29, 0.717) is 32.6 Å². The van der Waals surface area contributed by atoms with Crippen molar-refractivity contribution in [1.29, 1.82) is 0 Å². The fourth-order valence-electron chi connectivity index (χ4n) is 2.13. The van der Waals surface area contributed by atoms with Gasteiger partial charge < -0.3 is 14.8 Å². The van der Waals surface area contributed by atoms with Gasteiger partial charge in [-0.1, -0.05) is 43.9 Å². The third kappa shape index (κ3) is 12.6. The Morgan fingerprint density at radius 3 is 2.50 bits per heavy atom. The zero-order chi connectivity index (χ0) is 20.0. The number of allylic oxidation sites excluding steroid dienone is 4. The molecule has 0 aliphatic rings. The summed E-state index contributed by atoms with van der Waals surface area (Å²) >= 11 is 0. The van der Waals surface area contributed by atoms with E-state index in [2.05, 4.69) is 29.8 Å². The monoisotopic (exact) mass is 373 g/mol. The van der Waals surface area contributed by atoms with Crippen LogP contribution in [0.25, 0.3) is 0 Å². The summed E-state index contributed by atoms with van der Waals surface area (Å²) in [4.78, 5) is 0. The summed E-state index contributed by atoms with van der Waals surface area (Å²) in [7, 11) is 0. The van der Waals surface area contributed by atoms with Gasteiger partial charge in [0, 0.05) is 19.0 Å². The molecular weight excluding hydrogens is 343 g/mol. The molecule has 0 aliphatic carbocycles. The Labute approximate surface area is 154 Å². The molecule has 3 nitrogen and oxygen atoms in total. The van der Waals surface area contributed by atoms with Crippen LogP contribution in [0.3, 0.4) is 0 Å². The van der Waals surface area contributed by atoms with Crippen LogP contribution < -0.4 is 5.32 Å². The Bertz CT molecular complexity index is 508. The van der Waals surface area contributed by atoms with Gasteiger partial charge in [-0.2, -0.15) is 0 Å². The smallest absolute Gasteiger partial charge is 0.411 e. The molecule has 0 rings (SSSR count). The summed E-state index contributed by atoms with van der Waals surface area (Å²) in [5.41, 5.74) is 1.85. The highest BCUT2D eigenvalue weighted by atomic mass is 19.4. The standard InChI is InChI=1S/C20H30F3NO2/c1-6-9-11-18(26-20(21,22)23)14-19(17(5)8-3)24-12-13-25-15-16(4)10-7-2/h6-7,10-11,19,24H,1-2,5,8-9,12-15H2,3-4H3/b16-10+,18-11+/t19-/m0/s1. The molecule has 0 aromatic heterocycles. The zero-order valence-electron chi connectivity index (χ0n) is 15.7. The minimum Gasteiger partial charge on any atom is -0.411 e. The predicted octanol–water partition coefficient (Wildman–Crippen LogP) is 5.45. The molecular formula is C20H30F3NO2. The summed E-state index contributed by atoms with van der Waals surface area (Å²) in [5, 5.41) is 3.19. The number of hydrogen-bond acceptors (Lipinski definition) is 3. The van der Waals surface area contributed by atoms with Crippen molar-refractivity contribution in [3.63, 3.8) is 0 Å². The lowest BCUT2D eigenvalue weighted by Crippen LogP contribution is -2.34. The normalized spacial score (nSPS) is 14.0. The maximum Gasteiger partial charge on any atom is 0.572 e. The summed E-state index contributed by atoms with van der Waals surface area (Å²) in [6.07, 6.45) is 2.76. The largest absolute Gasteiger partial charge is 0.572 e. The van der Waals surface area contributed by atoms with Crippen molar-refractivity contribution >= 4 is 0 Å². The van der Waals surface area contributed by atoms with E-state index in [1.807, 2.05) is 19.9 Å². The lowest BCUT2D eigenvalue weighted by molar-refractivity contribution is -0.306. The van der Waals surface area contributed by atoms with Crippen molar-refractivity contribution in [2.75, 3.05) is 19.8 Å². The van der Waals surface area contributed by atoms with Gasteiger partial charge in [-0.15, -0.1) is 19.8 Å². The van der Waals surface area contributed by atoms with Gasteiger partial charge in [-0.3, -0.25) is 0 Å². The molecule has 0 bridgehead atoms. The predicted molar refractivity (Wildman–Crippen MR) is 101 cm³/mol. The second kappa shape index (κ2) is 13.4. The Kier molecular flexibility index (Phi) is 12.5. The highest BCUT2D eigenvalue weighted by Gasteiger charge is 2.32. The molecule has 0 fully saturated rings. The molecule has 0 heterocycles. The second-order valence-corrected chi connectivity index (χ2v) is 5.77. The number of halogens is 3. The fourth-order valence-corrected chi connectivity index (χ4v) is 2.13. The van der Waals surface area contributed by atoms with E-state index in [4.69, 9.17) is 4.74 Å². The van der Waals surface area contributed by atoms with Crippen LogP contribution in [0.2, 0.25) is 0 Å². The summed E-state index contributed by atoms with van der Waals surface area (Å²) in [6, 6.07) is -0.327. The molecule has 1 atom stereocenters. The average molecular weight is 373 g/mol. The highest BCUT2D eigenvalue weighted by Crippen LogP contribution is 2.25. The van der Waals surface area contributed by atoms with Crippen molar-refractivity contribution in [3.05, 3.63) is 60.9 Å². The molecule has 6 heteroatoms. The van der Waals surface area contributed by atoms with E-state index in [1.54, 1.807) is 6.08 Å². The van der Waals surface area contributed by atoms with Gasteiger partial charge in [0.15, 0.2) is 0 Å². The number of alkyl halides is 3. The van der Waals surface area contributed by atoms with Gasteiger partial charge in [0.1, 0.15) is 5.76 Å². The Morgan fingerprint density at radius 1 is 1.27 bits per heavy atom. The molecule has 0 unspecified atom stereocenters. The van der Waals surface area contributed by atoms with E-state index in [1.165, 1.54) is 12.2 Å². The summed E-state index contributed by atoms with van der Waals surface area (Å²) < 4.78 is 47.4. The van der Waals surface area contributed by atoms with Gasteiger partial charge in [0.05, 0.1) is 13.2 Å². The third-order valence-electron chi connectivity index (χ3n) is 3.48.